The molecule has 3 nitrogen and oxygen atoms in total. The highest BCUT2D eigenvalue weighted by atomic mass is 127. The molecule has 0 atom stereocenters. The molecule has 0 fully saturated rings. The first-order valence-electron chi connectivity index (χ1n) is 5.66. The Bertz CT molecular complexity index is 707. The van der Waals surface area contributed by atoms with Gasteiger partial charge in [-0.2, -0.15) is 0 Å². The first-order valence-corrected chi connectivity index (χ1v) is 7.62. The smallest absolute Gasteiger partial charge is 0.133 e. The van der Waals surface area contributed by atoms with E-state index in [0.717, 1.165) is 21.8 Å². The zero-order valence-corrected chi connectivity index (χ0v) is 12.9. The molecule has 0 aliphatic carbocycles. The number of halogens is 1. The number of aromatic nitrogens is 2. The molecule has 2 heterocycles. The van der Waals surface area contributed by atoms with E-state index in [4.69, 9.17) is 5.73 Å². The summed E-state index contributed by atoms with van der Waals surface area (Å²) in [6.07, 6.45) is 1.69. The van der Waals surface area contributed by atoms with Crippen LogP contribution in [0.5, 0.6) is 0 Å². The summed E-state index contributed by atoms with van der Waals surface area (Å²) < 4.78 is 1.22. The number of thiazole rings is 1. The van der Waals surface area contributed by atoms with Crippen molar-refractivity contribution in [2.24, 2.45) is 0 Å². The zero-order chi connectivity index (χ0) is 13.2. The fraction of sp³-hybridized carbons (Fsp3) is 0. The van der Waals surface area contributed by atoms with Gasteiger partial charge in [-0.1, -0.05) is 12.1 Å². The van der Waals surface area contributed by atoms with Gasteiger partial charge in [0.05, 0.1) is 11.3 Å². The molecule has 1 aromatic carbocycles. The Morgan fingerprint density at radius 1 is 1.11 bits per heavy atom. The highest BCUT2D eigenvalue weighted by Crippen LogP contribution is 2.31. The molecule has 94 valence electrons. The number of benzene rings is 1. The van der Waals surface area contributed by atoms with Gasteiger partial charge < -0.3 is 5.73 Å². The van der Waals surface area contributed by atoms with Crippen LogP contribution in [0.25, 0.3) is 21.8 Å². The van der Waals surface area contributed by atoms with E-state index in [2.05, 4.69) is 56.8 Å². The lowest BCUT2D eigenvalue weighted by Crippen LogP contribution is -1.92. The van der Waals surface area contributed by atoms with Crippen LogP contribution in [0.2, 0.25) is 0 Å². The van der Waals surface area contributed by atoms with E-state index >= 15 is 0 Å². The fourth-order valence-corrected chi connectivity index (χ4v) is 2.97. The van der Waals surface area contributed by atoms with Gasteiger partial charge in [0.15, 0.2) is 0 Å². The van der Waals surface area contributed by atoms with Crippen molar-refractivity contribution in [3.8, 4) is 21.8 Å². The second-order valence-electron chi connectivity index (χ2n) is 3.98. The third kappa shape index (κ3) is 2.62. The van der Waals surface area contributed by atoms with Gasteiger partial charge in [0, 0.05) is 20.7 Å². The topological polar surface area (TPSA) is 51.8 Å². The molecule has 5 heteroatoms. The quantitative estimate of drug-likeness (QED) is 0.684. The van der Waals surface area contributed by atoms with E-state index in [-0.39, 0.29) is 0 Å². The van der Waals surface area contributed by atoms with Gasteiger partial charge in [-0.05, 0) is 46.9 Å². The Morgan fingerprint density at radius 2 is 1.89 bits per heavy atom. The summed E-state index contributed by atoms with van der Waals surface area (Å²) in [6.45, 7) is 0. The second-order valence-corrected chi connectivity index (χ2v) is 6.08. The zero-order valence-electron chi connectivity index (χ0n) is 9.88. The number of anilines is 1. The highest BCUT2D eigenvalue weighted by Gasteiger charge is 2.09. The average molecular weight is 379 g/mol. The average Bonchev–Trinajstić information content (AvgIpc) is 2.89. The lowest BCUT2D eigenvalue weighted by molar-refractivity contribution is 1.32. The molecule has 19 heavy (non-hydrogen) atoms. The Morgan fingerprint density at radius 3 is 2.63 bits per heavy atom. The van der Waals surface area contributed by atoms with Crippen LogP contribution in [0.1, 0.15) is 0 Å². The van der Waals surface area contributed by atoms with E-state index in [9.17, 15) is 0 Å². The van der Waals surface area contributed by atoms with Crippen molar-refractivity contribution >= 4 is 39.7 Å². The molecule has 0 amide bonds. The van der Waals surface area contributed by atoms with E-state index in [0.29, 0.717) is 5.82 Å². The minimum absolute atomic E-state index is 0.519. The summed E-state index contributed by atoms with van der Waals surface area (Å²) in [5.41, 5.74) is 8.86. The predicted molar refractivity (Wildman–Crippen MR) is 87.9 cm³/mol. The van der Waals surface area contributed by atoms with E-state index in [1.54, 1.807) is 17.5 Å². The van der Waals surface area contributed by atoms with Crippen molar-refractivity contribution in [3.05, 3.63) is 51.5 Å². The molecule has 0 aliphatic rings. The summed E-state index contributed by atoms with van der Waals surface area (Å²) in [5, 5.41) is 2.95. The Balaban J connectivity index is 2.00. The molecule has 0 unspecified atom stereocenters. The van der Waals surface area contributed by atoms with Crippen LogP contribution in [0.4, 0.5) is 5.82 Å². The van der Waals surface area contributed by atoms with Gasteiger partial charge in [0.1, 0.15) is 10.8 Å². The SMILES string of the molecule is Nc1ncccc1-c1nc(-c2ccc(I)cc2)cs1. The Kier molecular flexibility index (Phi) is 3.48. The normalized spacial score (nSPS) is 10.6. The third-order valence-corrected chi connectivity index (χ3v) is 4.31. The minimum atomic E-state index is 0.519. The van der Waals surface area contributed by atoms with Gasteiger partial charge in [-0.25, -0.2) is 9.97 Å². The largest absolute Gasteiger partial charge is 0.383 e. The molecule has 3 rings (SSSR count). The Hall–Kier alpha value is -1.47. The van der Waals surface area contributed by atoms with Crippen LogP contribution in [0.15, 0.2) is 48.0 Å². The number of nitrogens with zero attached hydrogens (tertiary/aromatic N) is 2. The van der Waals surface area contributed by atoms with Crippen LogP contribution in [-0.2, 0) is 0 Å². The van der Waals surface area contributed by atoms with Crippen LogP contribution in [-0.4, -0.2) is 9.97 Å². The van der Waals surface area contributed by atoms with E-state index in [1.807, 2.05) is 17.5 Å². The van der Waals surface area contributed by atoms with Crippen LogP contribution < -0.4 is 5.73 Å². The minimum Gasteiger partial charge on any atom is -0.383 e. The van der Waals surface area contributed by atoms with Crippen LogP contribution in [0, 0.1) is 3.57 Å². The molecule has 0 bridgehead atoms. The van der Waals surface area contributed by atoms with E-state index in [1.165, 1.54) is 3.57 Å². The summed E-state index contributed by atoms with van der Waals surface area (Å²) in [7, 11) is 0. The molecule has 2 N–H and O–H groups in total. The van der Waals surface area contributed by atoms with Gasteiger partial charge in [-0.15, -0.1) is 11.3 Å². The number of rotatable bonds is 2. The number of hydrogen-bond donors (Lipinski definition) is 1. The molecule has 2 aromatic heterocycles. The lowest BCUT2D eigenvalue weighted by atomic mass is 10.2. The van der Waals surface area contributed by atoms with E-state index < -0.39 is 0 Å². The summed E-state index contributed by atoms with van der Waals surface area (Å²) in [6, 6.07) is 12.1. The highest BCUT2D eigenvalue weighted by molar-refractivity contribution is 14.1. The molecule has 0 aliphatic heterocycles. The molecule has 0 spiro atoms. The van der Waals surface area contributed by atoms with Crippen molar-refractivity contribution in [2.75, 3.05) is 5.73 Å². The number of nitrogens with two attached hydrogens (primary N) is 1. The Labute approximate surface area is 128 Å². The molecule has 0 saturated carbocycles. The van der Waals surface area contributed by atoms with Gasteiger partial charge in [0.2, 0.25) is 0 Å². The van der Waals surface area contributed by atoms with Crippen molar-refractivity contribution < 1.29 is 0 Å². The maximum Gasteiger partial charge on any atom is 0.133 e. The standard InChI is InChI=1S/C14H10IN3S/c15-10-5-3-9(4-6-10)12-8-19-14(18-12)11-2-1-7-17-13(11)16/h1-8H,(H2,16,17). The summed E-state index contributed by atoms with van der Waals surface area (Å²) in [4.78, 5) is 8.73. The van der Waals surface area contributed by atoms with Crippen LogP contribution in [0.3, 0.4) is 0 Å². The third-order valence-electron chi connectivity index (χ3n) is 2.71. The predicted octanol–water partition coefficient (Wildman–Crippen LogP) is 4.06. The summed E-state index contributed by atoms with van der Waals surface area (Å²) in [5.74, 6) is 0.519. The first-order chi connectivity index (χ1) is 9.24. The number of hydrogen-bond acceptors (Lipinski definition) is 4. The second kappa shape index (κ2) is 5.26. The molecular weight excluding hydrogens is 369 g/mol. The van der Waals surface area contributed by atoms with Crippen molar-refractivity contribution in [1.29, 1.82) is 0 Å². The molecule has 0 saturated heterocycles. The fourth-order valence-electron chi connectivity index (χ4n) is 1.75. The van der Waals surface area contributed by atoms with Crippen molar-refractivity contribution in [2.45, 2.75) is 0 Å². The van der Waals surface area contributed by atoms with Gasteiger partial charge >= 0.3 is 0 Å². The lowest BCUT2D eigenvalue weighted by Gasteiger charge is -1.99. The summed E-state index contributed by atoms with van der Waals surface area (Å²) >= 11 is 3.87. The van der Waals surface area contributed by atoms with Crippen molar-refractivity contribution in [1.82, 2.24) is 9.97 Å². The van der Waals surface area contributed by atoms with Crippen molar-refractivity contribution in [3.63, 3.8) is 0 Å². The first kappa shape index (κ1) is 12.6. The van der Waals surface area contributed by atoms with Gasteiger partial charge in [0.25, 0.3) is 0 Å². The molecule has 0 radical (unpaired) electrons. The number of pyridine rings is 1. The maximum atomic E-state index is 5.87. The molecule has 3 aromatic rings. The van der Waals surface area contributed by atoms with Crippen LogP contribution >= 0.6 is 33.9 Å². The maximum absolute atomic E-state index is 5.87. The molecular formula is C14H10IN3S. The number of nitrogen functional groups attached to an aromatic ring is 1. The van der Waals surface area contributed by atoms with Gasteiger partial charge in [-0.3, -0.25) is 0 Å². The monoisotopic (exact) mass is 379 g/mol.